The van der Waals surface area contributed by atoms with Crippen LogP contribution in [0.2, 0.25) is 0 Å². The maximum absolute atomic E-state index is 9.78. The van der Waals surface area contributed by atoms with Crippen LogP contribution in [0.4, 0.5) is 0 Å². The average molecular weight is 223 g/mol. The van der Waals surface area contributed by atoms with E-state index in [0.29, 0.717) is 6.54 Å². The first-order valence-corrected chi connectivity index (χ1v) is 7.32. The molecule has 4 heteroatoms. The predicted molar refractivity (Wildman–Crippen MR) is 64.9 cm³/mol. The van der Waals surface area contributed by atoms with E-state index in [2.05, 4.69) is 11.6 Å². The van der Waals surface area contributed by atoms with Gasteiger partial charge in [-0.1, -0.05) is 0 Å². The van der Waals surface area contributed by atoms with Gasteiger partial charge < -0.3 is 10.4 Å². The lowest BCUT2D eigenvalue weighted by atomic mass is 10.1. The topological polar surface area (TPSA) is 32.3 Å². The van der Waals surface area contributed by atoms with Gasteiger partial charge in [0.05, 0.1) is 5.60 Å². The quantitative estimate of drug-likeness (QED) is 0.610. The zero-order chi connectivity index (χ0) is 10.2. The second-order valence-corrected chi connectivity index (χ2v) is 5.30. The largest absolute Gasteiger partial charge is 0.388 e. The van der Waals surface area contributed by atoms with Crippen molar-refractivity contribution in [1.82, 2.24) is 5.32 Å². The van der Waals surface area contributed by atoms with Crippen LogP contribution < -0.4 is 5.32 Å². The highest BCUT2D eigenvalue weighted by Crippen LogP contribution is 2.08. The fourth-order valence-electron chi connectivity index (χ4n) is 1.06. The van der Waals surface area contributed by atoms with Crippen molar-refractivity contribution in [3.05, 3.63) is 0 Å². The van der Waals surface area contributed by atoms with E-state index in [9.17, 15) is 5.11 Å². The molecule has 0 aliphatic heterocycles. The summed E-state index contributed by atoms with van der Waals surface area (Å²) in [7, 11) is 0. The van der Waals surface area contributed by atoms with E-state index in [0.717, 1.165) is 12.3 Å². The van der Waals surface area contributed by atoms with Gasteiger partial charge in [0.2, 0.25) is 0 Å². The van der Waals surface area contributed by atoms with Crippen molar-refractivity contribution in [2.24, 2.45) is 0 Å². The molecule has 0 aromatic heterocycles. The van der Waals surface area contributed by atoms with Crippen LogP contribution in [-0.2, 0) is 0 Å². The normalized spacial score (nSPS) is 15.7. The smallest absolute Gasteiger partial charge is 0.0833 e. The summed E-state index contributed by atoms with van der Waals surface area (Å²) in [6.45, 7) is 3.58. The van der Waals surface area contributed by atoms with E-state index < -0.39 is 5.60 Å². The number of nitrogens with one attached hydrogen (secondary N) is 1. The second kappa shape index (κ2) is 7.97. The first-order chi connectivity index (χ1) is 6.12. The first-order valence-electron chi connectivity index (χ1n) is 4.53. The molecule has 80 valence electrons. The average Bonchev–Trinajstić information content (AvgIpc) is 2.04. The molecular weight excluding hydrogens is 202 g/mol. The number of aliphatic hydroxyl groups is 1. The summed E-state index contributed by atoms with van der Waals surface area (Å²) in [5, 5.41) is 13.1. The Hall–Kier alpha value is 0.620. The standard InChI is InChI=1S/C9H21NOS2/c1-9(11,8-13-3)7-10-5-4-6-12-2/h10-11H,4-8H2,1-3H3. The highest BCUT2D eigenvalue weighted by atomic mass is 32.2. The lowest BCUT2D eigenvalue weighted by molar-refractivity contribution is 0.0852. The van der Waals surface area contributed by atoms with Gasteiger partial charge in [-0.3, -0.25) is 0 Å². The molecule has 0 saturated heterocycles. The van der Waals surface area contributed by atoms with E-state index in [1.54, 1.807) is 11.8 Å². The molecule has 0 aliphatic carbocycles. The third-order valence-electron chi connectivity index (χ3n) is 1.66. The van der Waals surface area contributed by atoms with E-state index in [4.69, 9.17) is 0 Å². The van der Waals surface area contributed by atoms with Gasteiger partial charge in [0.1, 0.15) is 0 Å². The Labute approximate surface area is 90.2 Å². The summed E-state index contributed by atoms with van der Waals surface area (Å²) in [5.74, 6) is 1.99. The summed E-state index contributed by atoms with van der Waals surface area (Å²) in [6.07, 6.45) is 5.31. The van der Waals surface area contributed by atoms with Crippen molar-refractivity contribution in [1.29, 1.82) is 0 Å². The molecule has 0 fully saturated rings. The molecule has 0 radical (unpaired) electrons. The molecule has 1 unspecified atom stereocenters. The van der Waals surface area contributed by atoms with Crippen molar-refractivity contribution in [3.8, 4) is 0 Å². The van der Waals surface area contributed by atoms with Crippen LogP contribution >= 0.6 is 23.5 Å². The summed E-state index contributed by atoms with van der Waals surface area (Å²) in [4.78, 5) is 0. The fraction of sp³-hybridized carbons (Fsp3) is 1.00. The molecule has 0 aliphatic rings. The van der Waals surface area contributed by atoms with E-state index in [1.807, 2.05) is 24.9 Å². The third-order valence-corrected chi connectivity index (χ3v) is 3.27. The molecule has 1 atom stereocenters. The molecule has 0 saturated carbocycles. The van der Waals surface area contributed by atoms with Crippen LogP contribution in [0.3, 0.4) is 0 Å². The molecular formula is C9H21NOS2. The maximum atomic E-state index is 9.78. The van der Waals surface area contributed by atoms with Gasteiger partial charge >= 0.3 is 0 Å². The molecule has 2 N–H and O–H groups in total. The molecule has 0 spiro atoms. The number of thioether (sulfide) groups is 2. The van der Waals surface area contributed by atoms with Crippen molar-refractivity contribution in [2.75, 3.05) is 37.1 Å². The van der Waals surface area contributed by atoms with Gasteiger partial charge in [-0.2, -0.15) is 23.5 Å². The summed E-state index contributed by atoms with van der Waals surface area (Å²) in [6, 6.07) is 0. The Morgan fingerprint density at radius 1 is 1.31 bits per heavy atom. The summed E-state index contributed by atoms with van der Waals surface area (Å²) >= 11 is 3.55. The summed E-state index contributed by atoms with van der Waals surface area (Å²) < 4.78 is 0. The third kappa shape index (κ3) is 8.94. The van der Waals surface area contributed by atoms with Gasteiger partial charge in [0.15, 0.2) is 0 Å². The van der Waals surface area contributed by atoms with Crippen LogP contribution in [0, 0.1) is 0 Å². The Kier molecular flexibility index (Phi) is 8.35. The minimum absolute atomic E-state index is 0.557. The Morgan fingerprint density at radius 3 is 2.54 bits per heavy atom. The van der Waals surface area contributed by atoms with Crippen LogP contribution in [0.25, 0.3) is 0 Å². The van der Waals surface area contributed by atoms with Crippen LogP contribution in [0.5, 0.6) is 0 Å². The molecule has 13 heavy (non-hydrogen) atoms. The monoisotopic (exact) mass is 223 g/mol. The van der Waals surface area contributed by atoms with Gasteiger partial charge in [-0.25, -0.2) is 0 Å². The molecule has 2 nitrogen and oxygen atoms in total. The predicted octanol–water partition coefficient (Wildman–Crippen LogP) is 1.44. The Bertz CT molecular complexity index is 120. The van der Waals surface area contributed by atoms with Gasteiger partial charge in [0.25, 0.3) is 0 Å². The second-order valence-electron chi connectivity index (χ2n) is 3.45. The molecule has 0 heterocycles. The summed E-state index contributed by atoms with van der Waals surface area (Å²) in [5.41, 5.74) is -0.557. The van der Waals surface area contributed by atoms with E-state index in [1.165, 1.54) is 12.2 Å². The minimum atomic E-state index is -0.557. The van der Waals surface area contributed by atoms with Crippen LogP contribution in [-0.4, -0.2) is 47.8 Å². The zero-order valence-electron chi connectivity index (χ0n) is 8.80. The Morgan fingerprint density at radius 2 is 2.00 bits per heavy atom. The number of hydrogen-bond donors (Lipinski definition) is 2. The lowest BCUT2D eigenvalue weighted by Crippen LogP contribution is -2.40. The SMILES string of the molecule is CSCCCNCC(C)(O)CSC. The van der Waals surface area contributed by atoms with Gasteiger partial charge in [-0.15, -0.1) is 0 Å². The molecule has 0 rings (SSSR count). The molecule has 0 bridgehead atoms. The van der Waals surface area contributed by atoms with Crippen LogP contribution in [0.1, 0.15) is 13.3 Å². The van der Waals surface area contributed by atoms with Crippen LogP contribution in [0.15, 0.2) is 0 Å². The highest BCUT2D eigenvalue weighted by Gasteiger charge is 2.18. The van der Waals surface area contributed by atoms with Crippen molar-refractivity contribution in [3.63, 3.8) is 0 Å². The maximum Gasteiger partial charge on any atom is 0.0833 e. The lowest BCUT2D eigenvalue weighted by Gasteiger charge is -2.22. The Balaban J connectivity index is 3.29. The van der Waals surface area contributed by atoms with Crippen molar-refractivity contribution < 1.29 is 5.11 Å². The van der Waals surface area contributed by atoms with Crippen molar-refractivity contribution >= 4 is 23.5 Å². The molecule has 0 aromatic rings. The van der Waals surface area contributed by atoms with E-state index in [-0.39, 0.29) is 0 Å². The molecule has 0 aromatic carbocycles. The minimum Gasteiger partial charge on any atom is -0.388 e. The van der Waals surface area contributed by atoms with Crippen molar-refractivity contribution in [2.45, 2.75) is 18.9 Å². The van der Waals surface area contributed by atoms with E-state index >= 15 is 0 Å². The number of rotatable bonds is 8. The number of hydrogen-bond acceptors (Lipinski definition) is 4. The highest BCUT2D eigenvalue weighted by molar-refractivity contribution is 7.98. The fourth-order valence-corrected chi connectivity index (χ4v) is 2.22. The first kappa shape index (κ1) is 13.6. The van der Waals surface area contributed by atoms with Gasteiger partial charge in [-0.05, 0) is 38.2 Å². The molecule has 0 amide bonds. The van der Waals surface area contributed by atoms with Gasteiger partial charge in [0, 0.05) is 12.3 Å². The zero-order valence-corrected chi connectivity index (χ0v) is 10.4.